The van der Waals surface area contributed by atoms with Gasteiger partial charge >= 0.3 is 0 Å². The van der Waals surface area contributed by atoms with Gasteiger partial charge in [0.05, 0.1) is 31.2 Å². The molecule has 3 aromatic rings. The Labute approximate surface area is 159 Å². The van der Waals surface area contributed by atoms with E-state index < -0.39 is 0 Å². The number of ether oxygens (including phenoxy) is 1. The Morgan fingerprint density at radius 2 is 2.04 bits per heavy atom. The number of likely N-dealkylation sites (tertiary alicyclic amines) is 1. The van der Waals surface area contributed by atoms with Gasteiger partial charge in [-0.1, -0.05) is 19.1 Å². The molecule has 0 aliphatic carbocycles. The number of rotatable bonds is 6. The minimum absolute atomic E-state index is 0.299. The summed E-state index contributed by atoms with van der Waals surface area (Å²) < 4.78 is 7.28. The van der Waals surface area contributed by atoms with Crippen LogP contribution >= 0.6 is 0 Å². The van der Waals surface area contributed by atoms with Gasteiger partial charge in [-0.2, -0.15) is 0 Å². The second kappa shape index (κ2) is 7.88. The molecule has 6 nitrogen and oxygen atoms in total. The number of benzene rings is 1. The molecule has 3 heterocycles. The number of nitrogens with zero attached hydrogens (tertiary/aromatic N) is 5. The molecule has 0 radical (unpaired) electrons. The topological polar surface area (TPSA) is 56.1 Å². The van der Waals surface area contributed by atoms with Crippen LogP contribution in [0.5, 0.6) is 5.75 Å². The van der Waals surface area contributed by atoms with Gasteiger partial charge in [0.2, 0.25) is 0 Å². The average Bonchev–Trinajstić information content (AvgIpc) is 3.38. The van der Waals surface area contributed by atoms with E-state index in [1.54, 1.807) is 7.11 Å². The Bertz CT molecular complexity index is 890. The van der Waals surface area contributed by atoms with E-state index in [0.717, 1.165) is 49.0 Å². The Morgan fingerprint density at radius 1 is 1.19 bits per heavy atom. The molecule has 0 amide bonds. The van der Waals surface area contributed by atoms with Gasteiger partial charge in [-0.15, -0.1) is 0 Å². The van der Waals surface area contributed by atoms with Crippen LogP contribution in [0.2, 0.25) is 0 Å². The summed E-state index contributed by atoms with van der Waals surface area (Å²) in [5.41, 5.74) is 2.32. The Hall–Kier alpha value is -2.73. The van der Waals surface area contributed by atoms with Crippen LogP contribution in [-0.2, 0) is 13.0 Å². The minimum Gasteiger partial charge on any atom is -0.497 e. The van der Waals surface area contributed by atoms with Crippen molar-refractivity contribution >= 4 is 0 Å². The van der Waals surface area contributed by atoms with Crippen molar-refractivity contribution < 1.29 is 4.74 Å². The molecule has 1 atom stereocenters. The predicted octanol–water partition coefficient (Wildman–Crippen LogP) is 3.57. The first-order chi connectivity index (χ1) is 13.3. The first-order valence-corrected chi connectivity index (χ1v) is 9.50. The summed E-state index contributed by atoms with van der Waals surface area (Å²) in [6.07, 6.45) is 10.6. The van der Waals surface area contributed by atoms with Crippen molar-refractivity contribution in [2.75, 3.05) is 13.7 Å². The third kappa shape index (κ3) is 3.71. The van der Waals surface area contributed by atoms with Crippen LogP contribution in [0.25, 0.3) is 5.82 Å². The van der Waals surface area contributed by atoms with Crippen LogP contribution in [0, 0.1) is 0 Å². The monoisotopic (exact) mass is 363 g/mol. The van der Waals surface area contributed by atoms with Crippen molar-refractivity contribution in [3.63, 3.8) is 0 Å². The minimum atomic E-state index is 0.299. The predicted molar refractivity (Wildman–Crippen MR) is 104 cm³/mol. The molecule has 0 spiro atoms. The highest BCUT2D eigenvalue weighted by atomic mass is 16.5. The Kier molecular flexibility index (Phi) is 5.16. The van der Waals surface area contributed by atoms with E-state index in [2.05, 4.69) is 33.9 Å². The molecule has 1 aromatic carbocycles. The number of hydrogen-bond acceptors (Lipinski definition) is 5. The zero-order valence-corrected chi connectivity index (χ0v) is 15.9. The second-order valence-corrected chi connectivity index (χ2v) is 6.85. The molecule has 2 aromatic heterocycles. The molecule has 27 heavy (non-hydrogen) atoms. The summed E-state index contributed by atoms with van der Waals surface area (Å²) in [4.78, 5) is 16.3. The maximum atomic E-state index is 5.26. The molecule has 0 saturated carbocycles. The maximum Gasteiger partial charge on any atom is 0.156 e. The lowest BCUT2D eigenvalue weighted by Gasteiger charge is -2.24. The molecule has 0 bridgehead atoms. The van der Waals surface area contributed by atoms with E-state index in [4.69, 9.17) is 9.72 Å². The summed E-state index contributed by atoms with van der Waals surface area (Å²) in [5, 5.41) is 0. The third-order valence-corrected chi connectivity index (χ3v) is 5.17. The highest BCUT2D eigenvalue weighted by Gasteiger charge is 2.27. The van der Waals surface area contributed by atoms with Crippen molar-refractivity contribution in [3.05, 3.63) is 66.1 Å². The number of aromatic nitrogens is 4. The maximum absolute atomic E-state index is 5.26. The molecule has 140 valence electrons. The van der Waals surface area contributed by atoms with E-state index in [-0.39, 0.29) is 0 Å². The summed E-state index contributed by atoms with van der Waals surface area (Å²) >= 11 is 0. The molecule has 1 unspecified atom stereocenters. The van der Waals surface area contributed by atoms with Crippen LogP contribution in [-0.4, -0.2) is 38.1 Å². The molecular weight excluding hydrogens is 338 g/mol. The molecule has 1 saturated heterocycles. The van der Waals surface area contributed by atoms with E-state index >= 15 is 0 Å². The molecular formula is C21H25N5O. The number of aryl methyl sites for hydroxylation is 1. The molecule has 4 rings (SSSR count). The summed E-state index contributed by atoms with van der Waals surface area (Å²) in [6, 6.07) is 8.61. The highest BCUT2D eigenvalue weighted by molar-refractivity contribution is 5.28. The van der Waals surface area contributed by atoms with E-state index in [1.165, 1.54) is 12.0 Å². The quantitative estimate of drug-likeness (QED) is 0.670. The van der Waals surface area contributed by atoms with Gasteiger partial charge in [0.25, 0.3) is 0 Å². The first-order valence-electron chi connectivity index (χ1n) is 9.50. The van der Waals surface area contributed by atoms with Gasteiger partial charge in [0.1, 0.15) is 11.6 Å². The van der Waals surface area contributed by atoms with Crippen LogP contribution in [0.3, 0.4) is 0 Å². The van der Waals surface area contributed by atoms with Gasteiger partial charge in [-0.25, -0.2) is 9.97 Å². The largest absolute Gasteiger partial charge is 0.497 e. The molecule has 0 N–H and O–H groups in total. The van der Waals surface area contributed by atoms with E-state index in [0.29, 0.717) is 6.04 Å². The highest BCUT2D eigenvalue weighted by Crippen LogP contribution is 2.32. The van der Waals surface area contributed by atoms with Crippen LogP contribution in [0.4, 0.5) is 0 Å². The van der Waals surface area contributed by atoms with E-state index in [9.17, 15) is 0 Å². The molecule has 6 heteroatoms. The summed E-state index contributed by atoms with van der Waals surface area (Å²) in [6.45, 7) is 4.09. The van der Waals surface area contributed by atoms with Gasteiger partial charge in [0, 0.05) is 25.4 Å². The standard InChI is InChI=1S/C21H25N5O/c1-3-20-23-10-12-26(20)21-14-22-13-18(24-21)19-5-4-11-25(19)15-16-6-8-17(27-2)9-7-16/h6-10,12-14,19H,3-5,11,15H2,1-2H3. The Morgan fingerprint density at radius 3 is 2.81 bits per heavy atom. The lowest BCUT2D eigenvalue weighted by atomic mass is 10.1. The van der Waals surface area contributed by atoms with Crippen molar-refractivity contribution in [1.29, 1.82) is 0 Å². The molecule has 1 aliphatic heterocycles. The fraction of sp³-hybridized carbons (Fsp3) is 0.381. The smallest absolute Gasteiger partial charge is 0.156 e. The Balaban J connectivity index is 1.55. The van der Waals surface area contributed by atoms with Crippen LogP contribution in [0.15, 0.2) is 49.1 Å². The fourth-order valence-corrected chi connectivity index (χ4v) is 3.77. The zero-order chi connectivity index (χ0) is 18.6. The lowest BCUT2D eigenvalue weighted by Crippen LogP contribution is -2.24. The van der Waals surface area contributed by atoms with Crippen LogP contribution < -0.4 is 4.74 Å². The second-order valence-electron chi connectivity index (χ2n) is 6.85. The SMILES string of the molecule is CCc1nccn1-c1cncc(C2CCCN2Cc2ccc(OC)cc2)n1. The number of methoxy groups -OCH3 is 1. The summed E-state index contributed by atoms with van der Waals surface area (Å²) in [7, 11) is 1.70. The molecule has 1 fully saturated rings. The first kappa shape index (κ1) is 17.7. The number of hydrogen-bond donors (Lipinski definition) is 0. The van der Waals surface area contributed by atoms with Crippen molar-refractivity contribution in [1.82, 2.24) is 24.4 Å². The fourth-order valence-electron chi connectivity index (χ4n) is 3.77. The van der Waals surface area contributed by atoms with Crippen molar-refractivity contribution in [2.45, 2.75) is 38.8 Å². The van der Waals surface area contributed by atoms with Crippen molar-refractivity contribution in [3.8, 4) is 11.6 Å². The van der Waals surface area contributed by atoms with Gasteiger partial charge in [-0.05, 0) is 37.1 Å². The normalized spacial score (nSPS) is 17.3. The van der Waals surface area contributed by atoms with Crippen molar-refractivity contribution in [2.24, 2.45) is 0 Å². The summed E-state index contributed by atoms with van der Waals surface area (Å²) in [5.74, 6) is 2.74. The number of imidazole rings is 1. The lowest BCUT2D eigenvalue weighted by molar-refractivity contribution is 0.244. The third-order valence-electron chi connectivity index (χ3n) is 5.17. The van der Waals surface area contributed by atoms with Gasteiger partial charge in [0.15, 0.2) is 5.82 Å². The van der Waals surface area contributed by atoms with E-state index in [1.807, 2.05) is 41.5 Å². The molecule has 1 aliphatic rings. The van der Waals surface area contributed by atoms with Gasteiger partial charge < -0.3 is 4.74 Å². The average molecular weight is 363 g/mol. The zero-order valence-electron chi connectivity index (χ0n) is 15.9. The van der Waals surface area contributed by atoms with Gasteiger partial charge in [-0.3, -0.25) is 14.5 Å². The van der Waals surface area contributed by atoms with Crippen LogP contribution in [0.1, 0.15) is 42.9 Å².